The van der Waals surface area contributed by atoms with Gasteiger partial charge in [-0.05, 0) is 0 Å². The largest absolute Gasteiger partial charge is 0.481 e. The van der Waals surface area contributed by atoms with Gasteiger partial charge < -0.3 is 10.2 Å². The van der Waals surface area contributed by atoms with Gasteiger partial charge in [-0.2, -0.15) is 0 Å². The first-order chi connectivity index (χ1) is 5.95. The molecular weight excluding hydrogens is 172 g/mol. The first-order valence-electron chi connectivity index (χ1n) is 4.39. The molecule has 2 N–H and O–H groups in total. The minimum atomic E-state index is -0.745. The Kier molecular flexibility index (Phi) is 23.6. The van der Waals surface area contributed by atoms with E-state index in [2.05, 4.69) is 13.8 Å². The Hall–Kier alpha value is -1.06. The molecule has 80 valence electrons. The molecule has 0 atom stereocenters. The quantitative estimate of drug-likeness (QED) is 0.704. The molecule has 0 aromatic rings. The lowest BCUT2D eigenvalue weighted by molar-refractivity contribution is -0.137. The summed E-state index contributed by atoms with van der Waals surface area (Å²) in [5, 5.41) is 15.4. The van der Waals surface area contributed by atoms with Gasteiger partial charge >= 0.3 is 11.9 Å². The molecule has 0 heterocycles. The highest BCUT2D eigenvalue weighted by Gasteiger charge is 1.81. The van der Waals surface area contributed by atoms with Crippen LogP contribution in [0.1, 0.15) is 47.0 Å². The molecule has 0 spiro atoms. The van der Waals surface area contributed by atoms with Crippen LogP contribution < -0.4 is 0 Å². The fraction of sp³-hybridized carbons (Fsp3) is 0.778. The summed E-state index contributed by atoms with van der Waals surface area (Å²) in [6.07, 6.45) is 1.69. The molecule has 0 amide bonds. The molecule has 0 aliphatic carbocycles. The van der Waals surface area contributed by atoms with Crippen LogP contribution in [0.25, 0.3) is 0 Å². The summed E-state index contributed by atoms with van der Waals surface area (Å²) >= 11 is 0. The summed E-state index contributed by atoms with van der Waals surface area (Å²) in [7, 11) is 0. The Morgan fingerprint density at radius 2 is 0.923 bits per heavy atom. The standard InChI is InChI=1S/2C3H6O2.C3H8/c2*1-2-3(4)5;1-3-2/h2*2H2,1H3,(H,4,5);3H2,1-2H3. The predicted molar refractivity (Wildman–Crippen MR) is 51.8 cm³/mol. The van der Waals surface area contributed by atoms with E-state index >= 15 is 0 Å². The van der Waals surface area contributed by atoms with E-state index < -0.39 is 11.9 Å². The number of aliphatic carboxylic acids is 2. The molecule has 0 bridgehead atoms. The van der Waals surface area contributed by atoms with Crippen LogP contribution in [0.15, 0.2) is 0 Å². The van der Waals surface area contributed by atoms with Gasteiger partial charge in [-0.15, -0.1) is 0 Å². The van der Waals surface area contributed by atoms with Crippen molar-refractivity contribution in [1.29, 1.82) is 0 Å². The molecule has 0 aliphatic heterocycles. The minimum Gasteiger partial charge on any atom is -0.481 e. The van der Waals surface area contributed by atoms with Crippen LogP contribution in [0.2, 0.25) is 0 Å². The van der Waals surface area contributed by atoms with Crippen LogP contribution in [0.5, 0.6) is 0 Å². The van der Waals surface area contributed by atoms with Crippen molar-refractivity contribution in [2.24, 2.45) is 0 Å². The van der Waals surface area contributed by atoms with Gasteiger partial charge in [-0.25, -0.2) is 0 Å². The van der Waals surface area contributed by atoms with Crippen molar-refractivity contribution in [3.63, 3.8) is 0 Å². The van der Waals surface area contributed by atoms with Gasteiger partial charge in [0.15, 0.2) is 0 Å². The Morgan fingerprint density at radius 1 is 0.846 bits per heavy atom. The maximum absolute atomic E-state index is 9.37. The van der Waals surface area contributed by atoms with Gasteiger partial charge in [0.05, 0.1) is 0 Å². The van der Waals surface area contributed by atoms with Gasteiger partial charge in [0, 0.05) is 12.8 Å². The van der Waals surface area contributed by atoms with Crippen LogP contribution in [0.4, 0.5) is 0 Å². The third-order valence-electron chi connectivity index (χ3n) is 0.605. The number of carboxylic acid groups (broad SMARTS) is 2. The molecule has 0 fully saturated rings. The Bertz CT molecular complexity index is 107. The maximum Gasteiger partial charge on any atom is 0.303 e. The minimum absolute atomic E-state index is 0.222. The van der Waals surface area contributed by atoms with E-state index in [0.29, 0.717) is 0 Å². The summed E-state index contributed by atoms with van der Waals surface area (Å²) < 4.78 is 0. The van der Waals surface area contributed by atoms with E-state index in [1.165, 1.54) is 6.42 Å². The first kappa shape index (κ1) is 17.9. The van der Waals surface area contributed by atoms with Crippen molar-refractivity contribution < 1.29 is 19.8 Å². The van der Waals surface area contributed by atoms with E-state index in [4.69, 9.17) is 10.2 Å². The second-order valence-corrected chi connectivity index (χ2v) is 2.20. The number of carboxylic acids is 2. The summed E-state index contributed by atoms with van der Waals surface area (Å²) in [6, 6.07) is 0. The fourth-order valence-corrected chi connectivity index (χ4v) is 0. The van der Waals surface area contributed by atoms with E-state index in [9.17, 15) is 9.59 Å². The first-order valence-corrected chi connectivity index (χ1v) is 4.39. The highest BCUT2D eigenvalue weighted by molar-refractivity contribution is 5.66. The van der Waals surface area contributed by atoms with Crippen molar-refractivity contribution in [3.05, 3.63) is 0 Å². The van der Waals surface area contributed by atoms with Crippen molar-refractivity contribution in [3.8, 4) is 0 Å². The number of hydrogen-bond donors (Lipinski definition) is 2. The lowest BCUT2D eigenvalue weighted by Crippen LogP contribution is -1.86. The number of hydrogen-bond acceptors (Lipinski definition) is 2. The van der Waals surface area contributed by atoms with Gasteiger partial charge in [0.2, 0.25) is 0 Å². The van der Waals surface area contributed by atoms with Crippen LogP contribution in [-0.4, -0.2) is 22.2 Å². The van der Waals surface area contributed by atoms with E-state index in [0.717, 1.165) is 0 Å². The second kappa shape index (κ2) is 17.1. The van der Waals surface area contributed by atoms with Crippen LogP contribution in [0.3, 0.4) is 0 Å². The van der Waals surface area contributed by atoms with Gasteiger partial charge in [0.25, 0.3) is 0 Å². The van der Waals surface area contributed by atoms with Crippen molar-refractivity contribution in [2.45, 2.75) is 47.0 Å². The zero-order valence-corrected chi connectivity index (χ0v) is 8.83. The summed E-state index contributed by atoms with van der Waals surface area (Å²) in [5.41, 5.74) is 0. The topological polar surface area (TPSA) is 74.6 Å². The molecule has 4 heteroatoms. The maximum atomic E-state index is 9.37. The number of rotatable bonds is 2. The Labute approximate surface area is 79.6 Å². The lowest BCUT2D eigenvalue weighted by atomic mass is 10.5. The summed E-state index contributed by atoms with van der Waals surface area (Å²) in [6.45, 7) is 7.45. The SMILES string of the molecule is CCC.CCC(=O)O.CCC(=O)O. The third kappa shape index (κ3) is 101. The predicted octanol–water partition coefficient (Wildman–Crippen LogP) is 2.38. The van der Waals surface area contributed by atoms with Gasteiger partial charge in [-0.3, -0.25) is 9.59 Å². The van der Waals surface area contributed by atoms with Gasteiger partial charge in [0.1, 0.15) is 0 Å². The lowest BCUT2D eigenvalue weighted by Gasteiger charge is -1.71. The molecule has 0 aromatic carbocycles. The zero-order chi connectivity index (χ0) is 11.3. The Morgan fingerprint density at radius 3 is 0.923 bits per heavy atom. The normalized spacial score (nSPS) is 7.08. The fourth-order valence-electron chi connectivity index (χ4n) is 0. The van der Waals surface area contributed by atoms with Crippen LogP contribution >= 0.6 is 0 Å². The molecule has 13 heavy (non-hydrogen) atoms. The number of carbonyl (C=O) groups is 2. The molecule has 0 saturated heterocycles. The molecule has 0 aliphatic rings. The Balaban J connectivity index is -0.000000120. The van der Waals surface area contributed by atoms with E-state index in [1.54, 1.807) is 13.8 Å². The second-order valence-electron chi connectivity index (χ2n) is 2.20. The van der Waals surface area contributed by atoms with Crippen molar-refractivity contribution >= 4 is 11.9 Å². The molecule has 0 saturated carbocycles. The average molecular weight is 192 g/mol. The molecule has 0 radical (unpaired) electrons. The van der Waals surface area contributed by atoms with Crippen LogP contribution in [0, 0.1) is 0 Å². The summed E-state index contributed by atoms with van der Waals surface area (Å²) in [5.74, 6) is -1.49. The smallest absolute Gasteiger partial charge is 0.303 e. The van der Waals surface area contributed by atoms with Crippen molar-refractivity contribution in [2.75, 3.05) is 0 Å². The highest BCUT2D eigenvalue weighted by atomic mass is 16.4. The molecule has 0 aromatic heterocycles. The molecule has 4 nitrogen and oxygen atoms in total. The highest BCUT2D eigenvalue weighted by Crippen LogP contribution is 1.67. The van der Waals surface area contributed by atoms with Gasteiger partial charge in [-0.1, -0.05) is 34.1 Å². The zero-order valence-electron chi connectivity index (χ0n) is 8.83. The monoisotopic (exact) mass is 192 g/mol. The van der Waals surface area contributed by atoms with Crippen LogP contribution in [-0.2, 0) is 9.59 Å². The molecular formula is C9H20O4. The summed E-state index contributed by atoms with van der Waals surface area (Å²) in [4.78, 5) is 18.7. The van der Waals surface area contributed by atoms with Crippen molar-refractivity contribution in [1.82, 2.24) is 0 Å². The average Bonchev–Trinajstić information content (AvgIpc) is 2.07. The molecule has 0 rings (SSSR count). The van der Waals surface area contributed by atoms with E-state index in [1.807, 2.05) is 0 Å². The third-order valence-corrected chi connectivity index (χ3v) is 0.605. The molecule has 0 unspecified atom stereocenters. The van der Waals surface area contributed by atoms with E-state index in [-0.39, 0.29) is 12.8 Å².